The van der Waals surface area contributed by atoms with Crippen LogP contribution in [0.3, 0.4) is 0 Å². The van der Waals surface area contributed by atoms with E-state index in [0.717, 1.165) is 12.8 Å². The van der Waals surface area contributed by atoms with Gasteiger partial charge in [0.15, 0.2) is 0 Å². The first kappa shape index (κ1) is 13.4. The molecule has 0 amide bonds. The summed E-state index contributed by atoms with van der Waals surface area (Å²) in [5, 5.41) is 0. The van der Waals surface area contributed by atoms with E-state index in [9.17, 15) is 4.79 Å². The van der Waals surface area contributed by atoms with Crippen molar-refractivity contribution in [2.24, 2.45) is 17.1 Å². The van der Waals surface area contributed by atoms with Crippen molar-refractivity contribution in [2.75, 3.05) is 13.2 Å². The molecule has 2 N–H and O–H groups in total. The highest BCUT2D eigenvalue weighted by atomic mass is 16.5. The van der Waals surface area contributed by atoms with Gasteiger partial charge in [0, 0.05) is 6.54 Å². The molecule has 3 heteroatoms. The lowest BCUT2D eigenvalue weighted by Crippen LogP contribution is -2.35. The Labute approximate surface area is 87.0 Å². The van der Waals surface area contributed by atoms with Crippen LogP contribution in [0.25, 0.3) is 0 Å². The number of hydrogen-bond donors (Lipinski definition) is 1. The van der Waals surface area contributed by atoms with Crippen molar-refractivity contribution in [3.63, 3.8) is 0 Å². The SMILES string of the molecule is CCCC(C)COC(=O)C(C)(C)CN. The van der Waals surface area contributed by atoms with E-state index >= 15 is 0 Å². The third-order valence-electron chi connectivity index (χ3n) is 2.34. The summed E-state index contributed by atoms with van der Waals surface area (Å²) >= 11 is 0. The van der Waals surface area contributed by atoms with Crippen molar-refractivity contribution in [3.8, 4) is 0 Å². The Balaban J connectivity index is 3.85. The molecule has 3 nitrogen and oxygen atoms in total. The minimum atomic E-state index is -0.550. The molecule has 0 aliphatic rings. The van der Waals surface area contributed by atoms with Gasteiger partial charge in [0.25, 0.3) is 0 Å². The second-order valence-electron chi connectivity index (χ2n) is 4.58. The van der Waals surface area contributed by atoms with Crippen LogP contribution in [0.5, 0.6) is 0 Å². The highest BCUT2D eigenvalue weighted by Crippen LogP contribution is 2.16. The molecule has 0 aliphatic heterocycles. The minimum Gasteiger partial charge on any atom is -0.465 e. The minimum absolute atomic E-state index is 0.192. The average molecular weight is 201 g/mol. The Hall–Kier alpha value is -0.570. The van der Waals surface area contributed by atoms with Gasteiger partial charge in [-0.25, -0.2) is 0 Å². The van der Waals surface area contributed by atoms with Crippen molar-refractivity contribution in [2.45, 2.75) is 40.5 Å². The summed E-state index contributed by atoms with van der Waals surface area (Å²) in [6.07, 6.45) is 2.22. The van der Waals surface area contributed by atoms with Crippen LogP contribution in [0.1, 0.15) is 40.5 Å². The first-order valence-electron chi connectivity index (χ1n) is 5.31. The van der Waals surface area contributed by atoms with Crippen LogP contribution < -0.4 is 5.73 Å². The van der Waals surface area contributed by atoms with E-state index in [2.05, 4.69) is 13.8 Å². The monoisotopic (exact) mass is 201 g/mol. The number of nitrogens with two attached hydrogens (primary N) is 1. The van der Waals surface area contributed by atoms with Crippen LogP contribution in [0, 0.1) is 11.3 Å². The molecule has 0 bridgehead atoms. The van der Waals surface area contributed by atoms with E-state index in [-0.39, 0.29) is 5.97 Å². The molecule has 0 aromatic rings. The summed E-state index contributed by atoms with van der Waals surface area (Å²) < 4.78 is 5.19. The van der Waals surface area contributed by atoms with E-state index in [1.165, 1.54) is 0 Å². The van der Waals surface area contributed by atoms with Crippen molar-refractivity contribution in [1.29, 1.82) is 0 Å². The van der Waals surface area contributed by atoms with E-state index < -0.39 is 5.41 Å². The molecule has 0 saturated carbocycles. The second kappa shape index (κ2) is 6.02. The van der Waals surface area contributed by atoms with Crippen LogP contribution in [-0.2, 0) is 9.53 Å². The Morgan fingerprint density at radius 3 is 2.50 bits per heavy atom. The summed E-state index contributed by atoms with van der Waals surface area (Å²) in [4.78, 5) is 11.5. The predicted octanol–water partition coefficient (Wildman–Crippen LogP) is 1.95. The zero-order valence-corrected chi connectivity index (χ0v) is 9.80. The Morgan fingerprint density at radius 2 is 2.07 bits per heavy atom. The lowest BCUT2D eigenvalue weighted by molar-refractivity contribution is -0.154. The van der Waals surface area contributed by atoms with Gasteiger partial charge in [-0.15, -0.1) is 0 Å². The normalized spacial score (nSPS) is 13.8. The maximum absolute atomic E-state index is 11.5. The molecule has 0 rings (SSSR count). The van der Waals surface area contributed by atoms with Crippen LogP contribution in [0.4, 0.5) is 0 Å². The zero-order valence-electron chi connectivity index (χ0n) is 9.80. The molecular weight excluding hydrogens is 178 g/mol. The fraction of sp³-hybridized carbons (Fsp3) is 0.909. The molecule has 0 radical (unpaired) electrons. The zero-order chi connectivity index (χ0) is 11.2. The van der Waals surface area contributed by atoms with Crippen molar-refractivity contribution in [1.82, 2.24) is 0 Å². The molecule has 0 fully saturated rings. The number of carbonyl (C=O) groups is 1. The molecule has 1 atom stereocenters. The average Bonchev–Trinajstić information content (AvgIpc) is 2.14. The van der Waals surface area contributed by atoms with Gasteiger partial charge in [0.2, 0.25) is 0 Å². The van der Waals surface area contributed by atoms with Crippen LogP contribution in [0.2, 0.25) is 0 Å². The van der Waals surface area contributed by atoms with Gasteiger partial charge < -0.3 is 10.5 Å². The smallest absolute Gasteiger partial charge is 0.312 e. The van der Waals surface area contributed by atoms with Crippen LogP contribution in [0.15, 0.2) is 0 Å². The molecule has 0 heterocycles. The van der Waals surface area contributed by atoms with Gasteiger partial charge >= 0.3 is 5.97 Å². The van der Waals surface area contributed by atoms with E-state index in [0.29, 0.717) is 19.1 Å². The maximum Gasteiger partial charge on any atom is 0.312 e. The number of ether oxygens (including phenoxy) is 1. The Morgan fingerprint density at radius 1 is 1.50 bits per heavy atom. The van der Waals surface area contributed by atoms with Gasteiger partial charge in [-0.05, 0) is 26.2 Å². The first-order valence-corrected chi connectivity index (χ1v) is 5.31. The lowest BCUT2D eigenvalue weighted by Gasteiger charge is -2.21. The molecule has 84 valence electrons. The van der Waals surface area contributed by atoms with Crippen molar-refractivity contribution in [3.05, 3.63) is 0 Å². The molecule has 0 spiro atoms. The second-order valence-corrected chi connectivity index (χ2v) is 4.58. The van der Waals surface area contributed by atoms with Crippen molar-refractivity contribution >= 4 is 5.97 Å². The molecule has 1 unspecified atom stereocenters. The molecular formula is C11H23NO2. The fourth-order valence-electron chi connectivity index (χ4n) is 1.07. The lowest BCUT2D eigenvalue weighted by atomic mass is 9.94. The van der Waals surface area contributed by atoms with Gasteiger partial charge in [-0.2, -0.15) is 0 Å². The van der Waals surface area contributed by atoms with Gasteiger partial charge in [0.1, 0.15) is 0 Å². The first-order chi connectivity index (χ1) is 6.44. The Kier molecular flexibility index (Phi) is 5.77. The van der Waals surface area contributed by atoms with Gasteiger partial charge in [0.05, 0.1) is 12.0 Å². The number of rotatable bonds is 6. The number of esters is 1. The summed E-state index contributed by atoms with van der Waals surface area (Å²) in [6, 6.07) is 0. The van der Waals surface area contributed by atoms with E-state index in [1.807, 2.05) is 0 Å². The van der Waals surface area contributed by atoms with Gasteiger partial charge in [-0.1, -0.05) is 20.3 Å². The molecule has 0 aliphatic carbocycles. The fourth-order valence-corrected chi connectivity index (χ4v) is 1.07. The standard InChI is InChI=1S/C11H23NO2/c1-5-6-9(2)7-14-10(13)11(3,4)8-12/h9H,5-8,12H2,1-4H3. The van der Waals surface area contributed by atoms with Crippen molar-refractivity contribution < 1.29 is 9.53 Å². The molecule has 0 aromatic carbocycles. The van der Waals surface area contributed by atoms with E-state index in [4.69, 9.17) is 10.5 Å². The summed E-state index contributed by atoms with van der Waals surface area (Å²) in [7, 11) is 0. The molecule has 14 heavy (non-hydrogen) atoms. The maximum atomic E-state index is 11.5. The summed E-state index contributed by atoms with van der Waals surface area (Å²) in [5.74, 6) is 0.250. The molecule has 0 aromatic heterocycles. The number of hydrogen-bond acceptors (Lipinski definition) is 3. The third kappa shape index (κ3) is 4.61. The predicted molar refractivity (Wildman–Crippen MR) is 57.9 cm³/mol. The topological polar surface area (TPSA) is 52.3 Å². The highest BCUT2D eigenvalue weighted by Gasteiger charge is 2.27. The Bertz CT molecular complexity index is 178. The quantitative estimate of drug-likeness (QED) is 0.668. The van der Waals surface area contributed by atoms with Gasteiger partial charge in [-0.3, -0.25) is 4.79 Å². The van der Waals surface area contributed by atoms with Crippen LogP contribution in [-0.4, -0.2) is 19.1 Å². The summed E-state index contributed by atoms with van der Waals surface area (Å²) in [5.41, 5.74) is 4.92. The third-order valence-corrected chi connectivity index (χ3v) is 2.34. The highest BCUT2D eigenvalue weighted by molar-refractivity contribution is 5.76. The summed E-state index contributed by atoms with van der Waals surface area (Å²) in [6.45, 7) is 8.66. The molecule has 0 saturated heterocycles. The largest absolute Gasteiger partial charge is 0.465 e. The van der Waals surface area contributed by atoms with E-state index in [1.54, 1.807) is 13.8 Å². The van der Waals surface area contributed by atoms with Crippen LogP contribution >= 0.6 is 0 Å². The number of carbonyl (C=O) groups excluding carboxylic acids is 1.